The lowest BCUT2D eigenvalue weighted by Gasteiger charge is -2.34. The molecule has 6 heteroatoms. The molecule has 6 nitrogen and oxygen atoms in total. The molecule has 132 valence electrons. The van der Waals surface area contributed by atoms with Crippen LogP contribution in [0.3, 0.4) is 0 Å². The Balaban J connectivity index is 2.40. The fourth-order valence-corrected chi connectivity index (χ4v) is 2.88. The van der Waals surface area contributed by atoms with Gasteiger partial charge in [0.15, 0.2) is 6.10 Å². The van der Waals surface area contributed by atoms with Gasteiger partial charge in [0.25, 0.3) is 5.91 Å². The monoisotopic (exact) mass is 335 g/mol. The summed E-state index contributed by atoms with van der Waals surface area (Å²) in [4.78, 5) is 25.7. The van der Waals surface area contributed by atoms with E-state index in [2.05, 4.69) is 0 Å². The molecule has 0 bridgehead atoms. The number of ether oxygens (including phenoxy) is 2. The molecule has 0 unspecified atom stereocenters. The van der Waals surface area contributed by atoms with E-state index in [-0.39, 0.29) is 17.4 Å². The fourth-order valence-electron chi connectivity index (χ4n) is 2.88. The van der Waals surface area contributed by atoms with Crippen LogP contribution in [0.2, 0.25) is 0 Å². The lowest BCUT2D eigenvalue weighted by Crippen LogP contribution is -2.45. The number of carboxylic acids is 1. The second-order valence-corrected chi connectivity index (χ2v) is 6.32. The SMILES string of the molecule is COCCCCN1C(=O)[C@@H](C)Oc2cc(C(C)C)c(C(=O)O)cc21. The molecule has 1 aliphatic heterocycles. The van der Waals surface area contributed by atoms with E-state index in [0.29, 0.717) is 30.2 Å². The molecule has 1 amide bonds. The van der Waals surface area contributed by atoms with E-state index < -0.39 is 12.1 Å². The maximum Gasteiger partial charge on any atom is 0.336 e. The Morgan fingerprint density at radius 1 is 1.38 bits per heavy atom. The zero-order valence-corrected chi connectivity index (χ0v) is 14.7. The maximum absolute atomic E-state index is 12.5. The van der Waals surface area contributed by atoms with Crippen LogP contribution in [-0.4, -0.2) is 43.3 Å². The lowest BCUT2D eigenvalue weighted by molar-refractivity contribution is -0.125. The van der Waals surface area contributed by atoms with Crippen molar-refractivity contribution in [1.82, 2.24) is 0 Å². The van der Waals surface area contributed by atoms with E-state index in [4.69, 9.17) is 9.47 Å². The number of methoxy groups -OCH3 is 1. The van der Waals surface area contributed by atoms with Gasteiger partial charge in [-0.1, -0.05) is 13.8 Å². The molecule has 0 spiro atoms. The van der Waals surface area contributed by atoms with Gasteiger partial charge in [-0.3, -0.25) is 4.79 Å². The summed E-state index contributed by atoms with van der Waals surface area (Å²) in [6.07, 6.45) is 1.04. The largest absolute Gasteiger partial charge is 0.479 e. The first kappa shape index (κ1) is 18.3. The Kier molecular flexibility index (Phi) is 5.83. The van der Waals surface area contributed by atoms with E-state index in [1.165, 1.54) is 0 Å². The summed E-state index contributed by atoms with van der Waals surface area (Å²) in [5.41, 5.74) is 1.47. The van der Waals surface area contributed by atoms with Crippen LogP contribution in [0.5, 0.6) is 5.75 Å². The predicted octanol–water partition coefficient (Wildman–Crippen LogP) is 3.05. The highest BCUT2D eigenvalue weighted by Crippen LogP contribution is 2.38. The summed E-state index contributed by atoms with van der Waals surface area (Å²) >= 11 is 0. The van der Waals surface area contributed by atoms with Gasteiger partial charge in [0, 0.05) is 20.3 Å². The second kappa shape index (κ2) is 7.66. The van der Waals surface area contributed by atoms with Gasteiger partial charge in [0.05, 0.1) is 11.3 Å². The molecular formula is C18H25NO5. The lowest BCUT2D eigenvalue weighted by atomic mass is 9.95. The highest BCUT2D eigenvalue weighted by molar-refractivity contribution is 6.02. The average molecular weight is 335 g/mol. The summed E-state index contributed by atoms with van der Waals surface area (Å²) in [6.45, 7) is 6.74. The molecule has 0 saturated carbocycles. The summed E-state index contributed by atoms with van der Waals surface area (Å²) in [6, 6.07) is 3.32. The third kappa shape index (κ3) is 3.70. The van der Waals surface area contributed by atoms with Crippen molar-refractivity contribution in [3.05, 3.63) is 23.3 Å². The number of rotatable bonds is 7. The minimum absolute atomic E-state index is 0.0492. The Bertz CT molecular complexity index is 626. The molecule has 0 aromatic heterocycles. The Morgan fingerprint density at radius 3 is 2.67 bits per heavy atom. The predicted molar refractivity (Wildman–Crippen MR) is 91.0 cm³/mol. The average Bonchev–Trinajstić information content (AvgIpc) is 2.53. The molecule has 1 aromatic rings. The Hall–Kier alpha value is -2.08. The second-order valence-electron chi connectivity index (χ2n) is 6.32. The van der Waals surface area contributed by atoms with Crippen LogP contribution in [0.4, 0.5) is 5.69 Å². The van der Waals surface area contributed by atoms with Gasteiger partial charge in [-0.25, -0.2) is 4.79 Å². The van der Waals surface area contributed by atoms with Gasteiger partial charge in [-0.2, -0.15) is 0 Å². The minimum atomic E-state index is -0.994. The van der Waals surface area contributed by atoms with Crippen LogP contribution in [0.15, 0.2) is 12.1 Å². The first-order valence-corrected chi connectivity index (χ1v) is 8.25. The number of aromatic carboxylic acids is 1. The van der Waals surface area contributed by atoms with Crippen LogP contribution >= 0.6 is 0 Å². The highest BCUT2D eigenvalue weighted by atomic mass is 16.5. The molecule has 0 fully saturated rings. The fraction of sp³-hybridized carbons (Fsp3) is 0.556. The number of benzene rings is 1. The number of fused-ring (bicyclic) bond motifs is 1. The summed E-state index contributed by atoms with van der Waals surface area (Å²) in [5.74, 6) is -0.518. The highest BCUT2D eigenvalue weighted by Gasteiger charge is 2.33. The van der Waals surface area contributed by atoms with Crippen molar-refractivity contribution in [2.45, 2.75) is 45.6 Å². The standard InChI is InChI=1S/C18H25NO5/c1-11(2)13-10-16-15(9-14(13)18(21)22)19(7-5-6-8-23-4)17(20)12(3)24-16/h9-12H,5-8H2,1-4H3,(H,21,22)/t12-/m1/s1. The molecule has 2 rings (SSSR count). The summed E-state index contributed by atoms with van der Waals surface area (Å²) in [7, 11) is 1.64. The van der Waals surface area contributed by atoms with Gasteiger partial charge in [0.2, 0.25) is 0 Å². The Labute approximate surface area is 142 Å². The van der Waals surface area contributed by atoms with E-state index in [1.807, 2.05) is 13.8 Å². The van der Waals surface area contributed by atoms with Gasteiger partial charge in [-0.15, -0.1) is 0 Å². The number of hydrogen-bond acceptors (Lipinski definition) is 4. The quantitative estimate of drug-likeness (QED) is 0.775. The molecule has 1 aromatic carbocycles. The van der Waals surface area contributed by atoms with Crippen LogP contribution in [0, 0.1) is 0 Å². The zero-order valence-electron chi connectivity index (χ0n) is 14.7. The third-order valence-electron chi connectivity index (χ3n) is 4.17. The van der Waals surface area contributed by atoms with Gasteiger partial charge < -0.3 is 19.5 Å². The van der Waals surface area contributed by atoms with Crippen molar-refractivity contribution in [3.8, 4) is 5.75 Å². The number of carboxylic acid groups (broad SMARTS) is 1. The number of anilines is 1. The first-order chi connectivity index (χ1) is 11.4. The van der Waals surface area contributed by atoms with Gasteiger partial charge in [0.1, 0.15) is 5.75 Å². The van der Waals surface area contributed by atoms with Crippen molar-refractivity contribution >= 4 is 17.6 Å². The Morgan fingerprint density at radius 2 is 2.08 bits per heavy atom. The molecule has 0 radical (unpaired) electrons. The molecular weight excluding hydrogens is 310 g/mol. The molecule has 0 saturated heterocycles. The topological polar surface area (TPSA) is 76.1 Å². The van der Waals surface area contributed by atoms with E-state index >= 15 is 0 Å². The van der Waals surface area contributed by atoms with Crippen LogP contribution in [0.25, 0.3) is 0 Å². The maximum atomic E-state index is 12.5. The van der Waals surface area contributed by atoms with Crippen LogP contribution in [0.1, 0.15) is 55.5 Å². The van der Waals surface area contributed by atoms with E-state index in [0.717, 1.165) is 12.8 Å². The van der Waals surface area contributed by atoms with Crippen LogP contribution in [-0.2, 0) is 9.53 Å². The number of nitrogens with zero attached hydrogens (tertiary/aromatic N) is 1. The molecule has 1 heterocycles. The number of amides is 1. The zero-order chi connectivity index (χ0) is 17.9. The summed E-state index contributed by atoms with van der Waals surface area (Å²) < 4.78 is 10.8. The van der Waals surface area contributed by atoms with Crippen molar-refractivity contribution in [3.63, 3.8) is 0 Å². The molecule has 1 atom stereocenters. The van der Waals surface area contributed by atoms with Crippen molar-refractivity contribution in [1.29, 1.82) is 0 Å². The van der Waals surface area contributed by atoms with E-state index in [9.17, 15) is 14.7 Å². The first-order valence-electron chi connectivity index (χ1n) is 8.25. The van der Waals surface area contributed by atoms with Crippen molar-refractivity contribution in [2.24, 2.45) is 0 Å². The molecule has 1 aliphatic rings. The number of carbonyl (C=O) groups excluding carboxylic acids is 1. The van der Waals surface area contributed by atoms with Gasteiger partial charge in [-0.05, 0) is 43.4 Å². The normalized spacial score (nSPS) is 17.0. The van der Waals surface area contributed by atoms with E-state index in [1.54, 1.807) is 31.1 Å². The molecule has 0 aliphatic carbocycles. The van der Waals surface area contributed by atoms with Crippen LogP contribution < -0.4 is 9.64 Å². The van der Waals surface area contributed by atoms with Gasteiger partial charge >= 0.3 is 5.97 Å². The smallest absolute Gasteiger partial charge is 0.336 e. The minimum Gasteiger partial charge on any atom is -0.479 e. The third-order valence-corrected chi connectivity index (χ3v) is 4.17. The number of carbonyl (C=O) groups is 2. The number of hydrogen-bond donors (Lipinski definition) is 1. The van der Waals surface area contributed by atoms with Crippen molar-refractivity contribution < 1.29 is 24.2 Å². The summed E-state index contributed by atoms with van der Waals surface area (Å²) in [5, 5.41) is 9.51. The number of unbranched alkanes of at least 4 members (excludes halogenated alkanes) is 1. The molecule has 24 heavy (non-hydrogen) atoms. The molecule has 1 N–H and O–H groups in total. The van der Waals surface area contributed by atoms with Crippen molar-refractivity contribution in [2.75, 3.05) is 25.2 Å².